The zero-order valence-electron chi connectivity index (χ0n) is 13.7. The Hall–Kier alpha value is -0.770. The van der Waals surface area contributed by atoms with Gasteiger partial charge in [-0.25, -0.2) is 4.79 Å². The van der Waals surface area contributed by atoms with Crippen LogP contribution >= 0.6 is 0 Å². The van der Waals surface area contributed by atoms with Crippen LogP contribution in [-0.4, -0.2) is 41.8 Å². The number of carbonyl (C=O) groups is 1. The highest BCUT2D eigenvalue weighted by molar-refractivity contribution is 5.74. The second kappa shape index (κ2) is 8.02. The molecule has 0 aromatic rings. The molecule has 0 aromatic carbocycles. The van der Waals surface area contributed by atoms with E-state index in [1.165, 1.54) is 51.4 Å². The number of nitrogens with one attached hydrogen (secondary N) is 1. The quantitative estimate of drug-likeness (QED) is 0.791. The number of aliphatic hydroxyl groups is 1. The zero-order valence-corrected chi connectivity index (χ0v) is 13.7. The lowest BCUT2D eigenvalue weighted by Crippen LogP contribution is -2.49. The van der Waals surface area contributed by atoms with E-state index in [-0.39, 0.29) is 12.1 Å². The molecule has 4 nitrogen and oxygen atoms in total. The van der Waals surface area contributed by atoms with Gasteiger partial charge in [-0.05, 0) is 50.9 Å². The molecule has 2 N–H and O–H groups in total. The van der Waals surface area contributed by atoms with Gasteiger partial charge in [-0.2, -0.15) is 0 Å². The van der Waals surface area contributed by atoms with Crippen LogP contribution in [0.3, 0.4) is 0 Å². The highest BCUT2D eigenvalue weighted by Crippen LogP contribution is 2.37. The maximum absolute atomic E-state index is 12.4. The second-order valence-electron chi connectivity index (χ2n) is 7.12. The third-order valence-electron chi connectivity index (χ3n) is 5.33. The average Bonchev–Trinajstić information content (AvgIpc) is 3.14. The molecule has 122 valence electrons. The zero-order chi connectivity index (χ0) is 15.2. The van der Waals surface area contributed by atoms with Gasteiger partial charge >= 0.3 is 6.03 Å². The topological polar surface area (TPSA) is 52.6 Å². The predicted octanol–water partition coefficient (Wildman–Crippen LogP) is 3.15. The summed E-state index contributed by atoms with van der Waals surface area (Å²) in [6.07, 6.45) is 10.7. The molecule has 21 heavy (non-hydrogen) atoms. The Morgan fingerprint density at radius 1 is 1.14 bits per heavy atom. The molecule has 2 aliphatic rings. The van der Waals surface area contributed by atoms with Crippen molar-refractivity contribution in [1.82, 2.24) is 10.2 Å². The molecule has 0 spiro atoms. The van der Waals surface area contributed by atoms with Crippen molar-refractivity contribution in [3.63, 3.8) is 0 Å². The van der Waals surface area contributed by atoms with E-state index in [1.54, 1.807) is 11.8 Å². The Bertz CT molecular complexity index is 305. The Kier molecular flexibility index (Phi) is 6.34. The molecule has 1 atom stereocenters. The molecule has 2 fully saturated rings. The summed E-state index contributed by atoms with van der Waals surface area (Å²) >= 11 is 0. The van der Waals surface area contributed by atoms with Gasteiger partial charge in [-0.1, -0.05) is 25.7 Å². The summed E-state index contributed by atoms with van der Waals surface area (Å²) in [5.41, 5.74) is 0. The number of rotatable bonds is 6. The minimum absolute atomic E-state index is 0.0412. The van der Waals surface area contributed by atoms with Crippen LogP contribution in [0.2, 0.25) is 0 Å². The van der Waals surface area contributed by atoms with Gasteiger partial charge in [0.1, 0.15) is 0 Å². The first-order chi connectivity index (χ1) is 10.1. The summed E-state index contributed by atoms with van der Waals surface area (Å²) in [7, 11) is 1.83. The molecule has 0 heterocycles. The van der Waals surface area contributed by atoms with E-state index in [2.05, 4.69) is 5.32 Å². The second-order valence-corrected chi connectivity index (χ2v) is 7.12. The molecule has 2 rings (SSSR count). The number of amides is 2. The summed E-state index contributed by atoms with van der Waals surface area (Å²) in [6.45, 7) is 2.39. The van der Waals surface area contributed by atoms with Crippen LogP contribution in [0.5, 0.6) is 0 Å². The van der Waals surface area contributed by atoms with Crippen LogP contribution in [0.1, 0.15) is 64.7 Å². The maximum Gasteiger partial charge on any atom is 0.317 e. The molecule has 0 bridgehead atoms. The van der Waals surface area contributed by atoms with Crippen LogP contribution < -0.4 is 5.32 Å². The number of hydrogen-bond acceptors (Lipinski definition) is 2. The molecule has 0 aliphatic heterocycles. The van der Waals surface area contributed by atoms with Gasteiger partial charge < -0.3 is 15.3 Å². The number of hydrogen-bond donors (Lipinski definition) is 2. The van der Waals surface area contributed by atoms with Crippen molar-refractivity contribution < 1.29 is 9.90 Å². The molecular weight excluding hydrogens is 264 g/mol. The summed E-state index contributed by atoms with van der Waals surface area (Å²) in [6, 6.07) is 0.413. The fourth-order valence-corrected chi connectivity index (χ4v) is 3.99. The highest BCUT2D eigenvalue weighted by atomic mass is 16.3. The molecule has 1 unspecified atom stereocenters. The van der Waals surface area contributed by atoms with Gasteiger partial charge in [0.05, 0.1) is 6.10 Å². The summed E-state index contributed by atoms with van der Waals surface area (Å²) in [5.74, 6) is 1.37. The fraction of sp³-hybridized carbons (Fsp3) is 0.941. The van der Waals surface area contributed by atoms with Gasteiger partial charge in [0.15, 0.2) is 0 Å². The first-order valence-corrected chi connectivity index (χ1v) is 8.77. The van der Waals surface area contributed by atoms with Crippen LogP contribution in [0.4, 0.5) is 4.79 Å². The van der Waals surface area contributed by atoms with Crippen molar-refractivity contribution in [3.8, 4) is 0 Å². The fourth-order valence-electron chi connectivity index (χ4n) is 3.99. The van der Waals surface area contributed by atoms with E-state index < -0.39 is 0 Å². The standard InChI is InChI=1S/C17H32N2O2/c1-13(20)11-12-19(2)17(21)18-16(14-7-3-4-8-14)15-9-5-6-10-15/h13-16,20H,3-12H2,1-2H3,(H,18,21). The Balaban J connectivity index is 1.89. The smallest absolute Gasteiger partial charge is 0.317 e. The molecule has 0 aromatic heterocycles. The van der Waals surface area contributed by atoms with Crippen molar-refractivity contribution in [1.29, 1.82) is 0 Å². The van der Waals surface area contributed by atoms with E-state index in [9.17, 15) is 9.90 Å². The van der Waals surface area contributed by atoms with Crippen LogP contribution in [0.25, 0.3) is 0 Å². The lowest BCUT2D eigenvalue weighted by molar-refractivity contribution is 0.157. The molecule has 0 radical (unpaired) electrons. The Labute approximate surface area is 129 Å². The third-order valence-corrected chi connectivity index (χ3v) is 5.33. The largest absolute Gasteiger partial charge is 0.393 e. The van der Waals surface area contributed by atoms with Crippen LogP contribution in [0.15, 0.2) is 0 Å². The molecular formula is C17H32N2O2. The van der Waals surface area contributed by atoms with Crippen molar-refractivity contribution in [3.05, 3.63) is 0 Å². The van der Waals surface area contributed by atoms with E-state index in [0.29, 0.717) is 30.8 Å². The number of aliphatic hydroxyl groups excluding tert-OH is 1. The summed E-state index contributed by atoms with van der Waals surface area (Å²) < 4.78 is 0. The van der Waals surface area contributed by atoms with Gasteiger partial charge in [0, 0.05) is 19.6 Å². The third kappa shape index (κ3) is 4.87. The van der Waals surface area contributed by atoms with E-state index in [1.807, 2.05) is 7.05 Å². The molecule has 2 aliphatic carbocycles. The first-order valence-electron chi connectivity index (χ1n) is 8.77. The van der Waals surface area contributed by atoms with Crippen LogP contribution in [0, 0.1) is 11.8 Å². The van der Waals surface area contributed by atoms with Gasteiger partial charge in [-0.15, -0.1) is 0 Å². The van der Waals surface area contributed by atoms with Crippen LogP contribution in [-0.2, 0) is 0 Å². The average molecular weight is 296 g/mol. The van der Waals surface area contributed by atoms with E-state index in [4.69, 9.17) is 0 Å². The monoisotopic (exact) mass is 296 g/mol. The van der Waals surface area contributed by atoms with Crippen molar-refractivity contribution in [2.24, 2.45) is 11.8 Å². The van der Waals surface area contributed by atoms with E-state index in [0.717, 1.165) is 0 Å². The minimum Gasteiger partial charge on any atom is -0.393 e. The summed E-state index contributed by atoms with van der Waals surface area (Å²) in [5, 5.41) is 12.7. The normalized spacial score (nSPS) is 21.9. The Morgan fingerprint density at radius 3 is 2.05 bits per heavy atom. The molecule has 0 saturated heterocycles. The highest BCUT2D eigenvalue weighted by Gasteiger charge is 2.34. The molecule has 4 heteroatoms. The Morgan fingerprint density at radius 2 is 1.62 bits per heavy atom. The van der Waals surface area contributed by atoms with Crippen molar-refractivity contribution >= 4 is 6.03 Å². The van der Waals surface area contributed by atoms with Crippen molar-refractivity contribution in [2.75, 3.05) is 13.6 Å². The predicted molar refractivity (Wildman–Crippen MR) is 85.2 cm³/mol. The van der Waals surface area contributed by atoms with Gasteiger partial charge in [-0.3, -0.25) is 0 Å². The van der Waals surface area contributed by atoms with E-state index >= 15 is 0 Å². The maximum atomic E-state index is 12.4. The number of nitrogens with zero attached hydrogens (tertiary/aromatic N) is 1. The SMILES string of the molecule is CC(O)CCN(C)C(=O)NC(C1CCCC1)C1CCCC1. The van der Waals surface area contributed by atoms with Gasteiger partial charge in [0.25, 0.3) is 0 Å². The lowest BCUT2D eigenvalue weighted by atomic mass is 9.86. The minimum atomic E-state index is -0.347. The molecule has 2 saturated carbocycles. The lowest BCUT2D eigenvalue weighted by Gasteiger charge is -2.32. The summed E-state index contributed by atoms with van der Waals surface area (Å²) in [4.78, 5) is 14.1. The van der Waals surface area contributed by atoms with Gasteiger partial charge in [0.2, 0.25) is 0 Å². The van der Waals surface area contributed by atoms with Crippen molar-refractivity contribution in [2.45, 2.75) is 76.9 Å². The first kappa shape index (κ1) is 16.6. The number of carbonyl (C=O) groups excluding carboxylic acids is 1. The molecule has 2 amide bonds. The number of urea groups is 1.